The molecule has 2 heterocycles. The molecule has 6 nitrogen and oxygen atoms in total. The number of aromatic nitrogens is 2. The molecular weight excluding hydrogens is 314 g/mol. The summed E-state index contributed by atoms with van der Waals surface area (Å²) in [7, 11) is 0. The minimum absolute atomic E-state index is 0.139. The normalized spacial score (nSPS) is 14.7. The van der Waals surface area contributed by atoms with Gasteiger partial charge in [-0.25, -0.2) is 4.98 Å². The molecule has 0 bridgehead atoms. The molecule has 136 valence electrons. The lowest BCUT2D eigenvalue weighted by Gasteiger charge is -2.29. The van der Waals surface area contributed by atoms with Gasteiger partial charge in [0.15, 0.2) is 0 Å². The summed E-state index contributed by atoms with van der Waals surface area (Å²) in [6, 6.07) is 0. The molecule has 0 saturated heterocycles. The Kier molecular flexibility index (Phi) is 6.98. The summed E-state index contributed by atoms with van der Waals surface area (Å²) < 4.78 is 0. The fourth-order valence-corrected chi connectivity index (χ4v) is 2.85. The van der Waals surface area contributed by atoms with Gasteiger partial charge >= 0.3 is 0 Å². The first-order valence-corrected chi connectivity index (χ1v) is 9.00. The van der Waals surface area contributed by atoms with Gasteiger partial charge in [0.25, 0.3) is 0 Å². The molecule has 2 rings (SSSR count). The second-order valence-electron chi connectivity index (χ2n) is 6.42. The summed E-state index contributed by atoms with van der Waals surface area (Å²) in [5, 5.41) is 3.35. The summed E-state index contributed by atoms with van der Waals surface area (Å²) in [5.74, 6) is 1.21. The van der Waals surface area contributed by atoms with Crippen LogP contribution >= 0.6 is 0 Å². The van der Waals surface area contributed by atoms with Crippen molar-refractivity contribution in [2.24, 2.45) is 0 Å². The number of hydrogen-bond acceptors (Lipinski definition) is 5. The van der Waals surface area contributed by atoms with Crippen LogP contribution in [0.25, 0.3) is 0 Å². The lowest BCUT2D eigenvalue weighted by Crippen LogP contribution is -2.37. The average Bonchev–Trinajstić information content (AvgIpc) is 2.59. The first-order valence-electron chi connectivity index (χ1n) is 9.00. The lowest BCUT2D eigenvalue weighted by atomic mass is 10.0. The predicted molar refractivity (Wildman–Crippen MR) is 102 cm³/mol. The molecular formula is C19H29N5O. The second kappa shape index (κ2) is 9.20. The molecule has 1 aliphatic rings. The van der Waals surface area contributed by atoms with Gasteiger partial charge in [0.05, 0.1) is 12.2 Å². The highest BCUT2D eigenvalue weighted by Crippen LogP contribution is 2.25. The quantitative estimate of drug-likeness (QED) is 0.587. The number of fused-ring (bicyclic) bond motifs is 1. The molecule has 1 aromatic heterocycles. The fraction of sp³-hybridized carbons (Fsp3) is 0.526. The van der Waals surface area contributed by atoms with Crippen molar-refractivity contribution < 1.29 is 4.79 Å². The number of nitrogens with one attached hydrogen (secondary N) is 1. The smallest absolute Gasteiger partial charge is 0.226 e. The van der Waals surface area contributed by atoms with Gasteiger partial charge < -0.3 is 16.0 Å². The van der Waals surface area contributed by atoms with Crippen LogP contribution in [0.3, 0.4) is 0 Å². The van der Waals surface area contributed by atoms with Crippen LogP contribution in [0.5, 0.6) is 0 Å². The number of nitrogens with zero attached hydrogens (tertiary/aromatic N) is 3. The molecule has 0 spiro atoms. The first-order chi connectivity index (χ1) is 12.0. The SMILES string of the molecule is C/C=C\C=C(/C)CC(=O)N1CCc2nc(N)nc(NCCCC)c2C1. The molecule has 0 atom stereocenters. The van der Waals surface area contributed by atoms with Gasteiger partial charge in [-0.2, -0.15) is 4.98 Å². The summed E-state index contributed by atoms with van der Waals surface area (Å²) in [5.41, 5.74) is 8.85. The van der Waals surface area contributed by atoms with E-state index in [2.05, 4.69) is 22.2 Å². The molecule has 0 radical (unpaired) electrons. The Morgan fingerprint density at radius 2 is 2.20 bits per heavy atom. The molecule has 0 aromatic carbocycles. The number of amides is 1. The van der Waals surface area contributed by atoms with Crippen LogP contribution in [-0.2, 0) is 17.8 Å². The highest BCUT2D eigenvalue weighted by Gasteiger charge is 2.25. The van der Waals surface area contributed by atoms with E-state index in [1.165, 1.54) is 0 Å². The maximum Gasteiger partial charge on any atom is 0.226 e. The summed E-state index contributed by atoms with van der Waals surface area (Å²) >= 11 is 0. The van der Waals surface area contributed by atoms with Crippen molar-refractivity contribution >= 4 is 17.7 Å². The number of hydrogen-bond donors (Lipinski definition) is 2. The van der Waals surface area contributed by atoms with Crippen LogP contribution in [-0.4, -0.2) is 33.9 Å². The van der Waals surface area contributed by atoms with E-state index >= 15 is 0 Å². The van der Waals surface area contributed by atoms with Crippen LogP contribution in [0.15, 0.2) is 23.8 Å². The highest BCUT2D eigenvalue weighted by atomic mass is 16.2. The Balaban J connectivity index is 2.11. The van der Waals surface area contributed by atoms with E-state index in [0.29, 0.717) is 31.9 Å². The molecule has 1 amide bonds. The topological polar surface area (TPSA) is 84.1 Å². The molecule has 0 unspecified atom stereocenters. The van der Waals surface area contributed by atoms with Crippen LogP contribution in [0, 0.1) is 0 Å². The largest absolute Gasteiger partial charge is 0.370 e. The predicted octanol–water partition coefficient (Wildman–Crippen LogP) is 3.07. The summed E-state index contributed by atoms with van der Waals surface area (Å²) in [4.78, 5) is 23.2. The molecule has 0 aliphatic carbocycles. The number of nitrogens with two attached hydrogens (primary N) is 1. The number of allylic oxidation sites excluding steroid dienone is 3. The average molecular weight is 343 g/mol. The van der Waals surface area contributed by atoms with Gasteiger partial charge in [0.1, 0.15) is 5.82 Å². The molecule has 1 aromatic rings. The van der Waals surface area contributed by atoms with Crippen molar-refractivity contribution in [3.8, 4) is 0 Å². The molecule has 0 saturated carbocycles. The number of rotatable bonds is 7. The van der Waals surface area contributed by atoms with Crippen LogP contribution in [0.2, 0.25) is 0 Å². The van der Waals surface area contributed by atoms with Crippen LogP contribution in [0.1, 0.15) is 51.3 Å². The van der Waals surface area contributed by atoms with E-state index in [0.717, 1.165) is 42.0 Å². The van der Waals surface area contributed by atoms with Gasteiger partial charge in [0.2, 0.25) is 11.9 Å². The standard InChI is InChI=1S/C19H29N5O/c1-4-6-8-14(3)12-17(25)24-11-9-16-15(13-24)18(21-10-7-5-2)23-19(20)22-16/h4,6,8H,5,7,9-13H2,1-3H3,(H3,20,21,22,23)/b6-4-,14-8+. The molecule has 1 aliphatic heterocycles. The number of anilines is 2. The van der Waals surface area contributed by atoms with Crippen molar-refractivity contribution in [3.63, 3.8) is 0 Å². The van der Waals surface area contributed by atoms with Crippen molar-refractivity contribution in [2.75, 3.05) is 24.1 Å². The number of carbonyl (C=O) groups excluding carboxylic acids is 1. The monoisotopic (exact) mass is 343 g/mol. The summed E-state index contributed by atoms with van der Waals surface area (Å²) in [6.45, 7) is 8.16. The maximum atomic E-state index is 12.6. The Morgan fingerprint density at radius 3 is 2.92 bits per heavy atom. The van der Waals surface area contributed by atoms with Crippen LogP contribution in [0.4, 0.5) is 11.8 Å². The molecule has 0 fully saturated rings. The Bertz CT molecular complexity index is 666. The Morgan fingerprint density at radius 1 is 1.40 bits per heavy atom. The second-order valence-corrected chi connectivity index (χ2v) is 6.42. The zero-order valence-corrected chi connectivity index (χ0v) is 15.5. The minimum Gasteiger partial charge on any atom is -0.370 e. The zero-order valence-electron chi connectivity index (χ0n) is 15.5. The maximum absolute atomic E-state index is 12.6. The fourth-order valence-electron chi connectivity index (χ4n) is 2.85. The number of nitrogen functional groups attached to an aromatic ring is 1. The molecule has 25 heavy (non-hydrogen) atoms. The van der Waals surface area contributed by atoms with E-state index in [4.69, 9.17) is 5.73 Å². The highest BCUT2D eigenvalue weighted by molar-refractivity contribution is 5.79. The number of unbranched alkanes of at least 4 members (excludes halogenated alkanes) is 1. The molecule has 6 heteroatoms. The van der Waals surface area contributed by atoms with E-state index in [1.807, 2.05) is 37.0 Å². The minimum atomic E-state index is 0.139. The summed E-state index contributed by atoms with van der Waals surface area (Å²) in [6.07, 6.45) is 9.23. The third-order valence-corrected chi connectivity index (χ3v) is 4.26. The van der Waals surface area contributed by atoms with E-state index in [9.17, 15) is 4.79 Å². The number of carbonyl (C=O) groups is 1. The van der Waals surface area contributed by atoms with Crippen molar-refractivity contribution in [1.29, 1.82) is 0 Å². The van der Waals surface area contributed by atoms with Gasteiger partial charge in [-0.05, 0) is 20.3 Å². The van der Waals surface area contributed by atoms with Crippen molar-refractivity contribution in [3.05, 3.63) is 35.1 Å². The van der Waals surface area contributed by atoms with E-state index in [1.54, 1.807) is 0 Å². The van der Waals surface area contributed by atoms with Crippen molar-refractivity contribution in [2.45, 2.75) is 53.0 Å². The zero-order chi connectivity index (χ0) is 18.2. The van der Waals surface area contributed by atoms with Crippen LogP contribution < -0.4 is 11.1 Å². The van der Waals surface area contributed by atoms with Crippen molar-refractivity contribution in [1.82, 2.24) is 14.9 Å². The Labute approximate surface area is 150 Å². The van der Waals surface area contributed by atoms with Gasteiger partial charge in [0, 0.05) is 31.5 Å². The van der Waals surface area contributed by atoms with Gasteiger partial charge in [-0.1, -0.05) is 37.1 Å². The third kappa shape index (κ3) is 5.31. The first kappa shape index (κ1) is 19.0. The lowest BCUT2D eigenvalue weighted by molar-refractivity contribution is -0.131. The third-order valence-electron chi connectivity index (χ3n) is 4.26. The van der Waals surface area contributed by atoms with Gasteiger partial charge in [-0.15, -0.1) is 0 Å². The molecule has 3 N–H and O–H groups in total. The van der Waals surface area contributed by atoms with Gasteiger partial charge in [-0.3, -0.25) is 4.79 Å². The van der Waals surface area contributed by atoms with E-state index in [-0.39, 0.29) is 5.91 Å². The van der Waals surface area contributed by atoms with E-state index < -0.39 is 0 Å². The Hall–Kier alpha value is -2.37.